The molecule has 0 spiro atoms. The Balaban J connectivity index is 1.85. The van der Waals surface area contributed by atoms with Crippen LogP contribution in [0.25, 0.3) is 27.7 Å². The van der Waals surface area contributed by atoms with Crippen LogP contribution in [0.2, 0.25) is 0 Å². The summed E-state index contributed by atoms with van der Waals surface area (Å²) in [5.74, 6) is 1.05. The third-order valence-corrected chi connectivity index (χ3v) is 5.77. The van der Waals surface area contributed by atoms with E-state index in [1.807, 2.05) is 58.5 Å². The van der Waals surface area contributed by atoms with Crippen LogP contribution in [-0.4, -0.2) is 9.55 Å². The van der Waals surface area contributed by atoms with E-state index in [0.717, 1.165) is 17.9 Å². The Labute approximate surface area is 175 Å². The molecular weight excluding hydrogens is 354 g/mol. The number of aryl methyl sites for hydroxylation is 2. The predicted octanol–water partition coefficient (Wildman–Crippen LogP) is 5.32. The zero-order valence-electron chi connectivity index (χ0n) is 19.7. The molecular formula is C26H28N3+. The Morgan fingerprint density at radius 1 is 1.17 bits per heavy atom. The summed E-state index contributed by atoms with van der Waals surface area (Å²) in [7, 11) is 2.04. The van der Waals surface area contributed by atoms with Gasteiger partial charge in [-0.05, 0) is 40.8 Å². The fraction of sp³-hybridized carbons (Fsp3) is 0.308. The smallest absolute Gasteiger partial charge is 0.213 e. The molecule has 5 rings (SSSR count). The average Bonchev–Trinajstić information content (AvgIpc) is 3.29. The van der Waals surface area contributed by atoms with Crippen molar-refractivity contribution in [3.63, 3.8) is 0 Å². The molecule has 0 radical (unpaired) electrons. The van der Waals surface area contributed by atoms with Gasteiger partial charge in [-0.25, -0.2) is 9.55 Å². The highest BCUT2D eigenvalue weighted by Gasteiger charge is 2.30. The highest BCUT2D eigenvalue weighted by molar-refractivity contribution is 6.00. The maximum absolute atomic E-state index is 8.81. The van der Waals surface area contributed by atoms with Crippen molar-refractivity contribution in [2.45, 2.75) is 40.5 Å². The van der Waals surface area contributed by atoms with E-state index in [2.05, 4.69) is 45.3 Å². The second-order valence-electron chi connectivity index (χ2n) is 9.05. The maximum Gasteiger partial charge on any atom is 0.213 e. The monoisotopic (exact) mass is 384 g/mol. The molecule has 2 aromatic heterocycles. The molecule has 146 valence electrons. The highest BCUT2D eigenvalue weighted by Crippen LogP contribution is 2.42. The van der Waals surface area contributed by atoms with Crippen molar-refractivity contribution in [2.75, 3.05) is 0 Å². The van der Waals surface area contributed by atoms with E-state index in [4.69, 9.17) is 2.74 Å². The fourth-order valence-corrected chi connectivity index (χ4v) is 4.61. The van der Waals surface area contributed by atoms with Gasteiger partial charge in [0.25, 0.3) is 0 Å². The second-order valence-corrected chi connectivity index (χ2v) is 9.05. The minimum absolute atomic E-state index is 0.507. The van der Waals surface area contributed by atoms with Crippen LogP contribution in [0.4, 0.5) is 0 Å². The van der Waals surface area contributed by atoms with Gasteiger partial charge in [-0.15, -0.1) is 0 Å². The first-order chi connectivity index (χ1) is 14.6. The molecule has 3 heteroatoms. The summed E-state index contributed by atoms with van der Waals surface area (Å²) < 4.78 is 21.9. The molecule has 0 saturated heterocycles. The molecule has 0 N–H and O–H groups in total. The lowest BCUT2D eigenvalue weighted by atomic mass is 9.86. The van der Waals surface area contributed by atoms with Gasteiger partial charge in [0, 0.05) is 39.1 Å². The number of hydrogen-bond acceptors (Lipinski definition) is 1. The molecule has 0 atom stereocenters. The zero-order valence-corrected chi connectivity index (χ0v) is 17.7. The molecule has 2 aromatic carbocycles. The van der Waals surface area contributed by atoms with Gasteiger partial charge >= 0.3 is 0 Å². The van der Waals surface area contributed by atoms with Crippen molar-refractivity contribution in [1.82, 2.24) is 9.55 Å². The maximum atomic E-state index is 8.81. The Hall–Kier alpha value is -2.94. The molecule has 3 nitrogen and oxygen atoms in total. The molecule has 1 aliphatic rings. The Morgan fingerprint density at radius 3 is 2.69 bits per heavy atom. The van der Waals surface area contributed by atoms with Crippen LogP contribution < -0.4 is 4.57 Å². The lowest BCUT2D eigenvalue weighted by Gasteiger charge is -2.19. The molecule has 0 saturated carbocycles. The number of rotatable bonds is 2. The van der Waals surface area contributed by atoms with E-state index >= 15 is 0 Å². The second kappa shape index (κ2) is 6.28. The lowest BCUT2D eigenvalue weighted by Crippen LogP contribution is -2.31. The van der Waals surface area contributed by atoms with Crippen molar-refractivity contribution in [3.05, 3.63) is 77.5 Å². The Morgan fingerprint density at radius 2 is 1.93 bits per heavy atom. The van der Waals surface area contributed by atoms with Crippen molar-refractivity contribution in [1.29, 1.82) is 0 Å². The van der Waals surface area contributed by atoms with Crippen LogP contribution in [0.3, 0.4) is 0 Å². The number of imidazole rings is 1. The molecule has 0 aliphatic carbocycles. The first-order valence-corrected chi connectivity index (χ1v) is 10.2. The SMILES string of the molecule is [2H]C([2H])(c1cc[n+](C)c(-c2c3c(c4ccccc4c2C)-n2ccnc2C3)c1)C(C)(C)C. The van der Waals surface area contributed by atoms with Crippen LogP contribution in [0.15, 0.2) is 55.0 Å². The Bertz CT molecular complexity index is 1340. The topological polar surface area (TPSA) is 21.7 Å². The van der Waals surface area contributed by atoms with E-state index in [1.54, 1.807) is 0 Å². The summed E-state index contributed by atoms with van der Waals surface area (Å²) in [4.78, 5) is 4.59. The number of hydrogen-bond donors (Lipinski definition) is 0. The van der Waals surface area contributed by atoms with Crippen LogP contribution >= 0.6 is 0 Å². The zero-order chi connectivity index (χ0) is 22.1. The highest BCUT2D eigenvalue weighted by atomic mass is 15.1. The summed E-state index contributed by atoms with van der Waals surface area (Å²) in [5.41, 5.74) is 6.13. The van der Waals surface area contributed by atoms with E-state index in [0.29, 0.717) is 5.56 Å². The normalized spacial score (nSPS) is 14.5. The van der Waals surface area contributed by atoms with E-state index in [-0.39, 0.29) is 0 Å². The number of aromatic nitrogens is 3. The number of fused-ring (bicyclic) bond motifs is 5. The third kappa shape index (κ3) is 2.88. The Kier molecular flexibility index (Phi) is 3.45. The molecule has 0 amide bonds. The van der Waals surface area contributed by atoms with Gasteiger partial charge in [-0.3, -0.25) is 0 Å². The van der Waals surface area contributed by atoms with Gasteiger partial charge in [-0.1, -0.05) is 45.0 Å². The third-order valence-electron chi connectivity index (χ3n) is 5.77. The number of nitrogens with zero attached hydrogens (tertiary/aromatic N) is 3. The van der Waals surface area contributed by atoms with Crippen molar-refractivity contribution < 1.29 is 7.31 Å². The van der Waals surface area contributed by atoms with Gasteiger partial charge in [0.15, 0.2) is 6.20 Å². The molecule has 4 aromatic rings. The number of benzene rings is 2. The molecule has 3 heterocycles. The van der Waals surface area contributed by atoms with Gasteiger partial charge in [0.2, 0.25) is 5.69 Å². The van der Waals surface area contributed by atoms with Crippen molar-refractivity contribution >= 4 is 10.8 Å². The van der Waals surface area contributed by atoms with Crippen LogP contribution in [0.5, 0.6) is 0 Å². The quantitative estimate of drug-likeness (QED) is 0.378. The summed E-state index contributed by atoms with van der Waals surface area (Å²) in [5, 5.41) is 2.46. The molecule has 1 aliphatic heterocycles. The van der Waals surface area contributed by atoms with Crippen LogP contribution in [0, 0.1) is 12.3 Å². The largest absolute Gasteiger partial charge is 0.303 e. The fourth-order valence-electron chi connectivity index (χ4n) is 4.61. The summed E-state index contributed by atoms with van der Waals surface area (Å²) in [6.45, 7) is 8.05. The van der Waals surface area contributed by atoms with E-state index in [9.17, 15) is 0 Å². The van der Waals surface area contributed by atoms with Crippen molar-refractivity contribution in [3.8, 4) is 16.9 Å². The first kappa shape index (κ1) is 15.9. The standard InChI is InChI=1S/C26H28N3/c1-17-19-8-6-7-9-20(19)25-21(15-23-27-11-13-29(23)25)24(17)22-14-18(10-12-28(22)5)16-26(2,3)4/h6-14H,15-16H2,1-5H3/q+1/i16D2. The minimum atomic E-state index is -1.45. The van der Waals surface area contributed by atoms with Crippen LogP contribution in [0.1, 0.15) is 46.0 Å². The molecule has 0 fully saturated rings. The van der Waals surface area contributed by atoms with E-state index in [1.165, 1.54) is 33.2 Å². The minimum Gasteiger partial charge on any atom is -0.303 e. The average molecular weight is 385 g/mol. The molecule has 0 bridgehead atoms. The van der Waals surface area contributed by atoms with Gasteiger partial charge in [0.05, 0.1) is 11.3 Å². The van der Waals surface area contributed by atoms with Gasteiger partial charge < -0.3 is 4.57 Å². The van der Waals surface area contributed by atoms with Crippen LogP contribution in [-0.2, 0) is 19.8 Å². The summed E-state index contributed by atoms with van der Waals surface area (Å²) in [6.07, 6.45) is 5.23. The molecule has 29 heavy (non-hydrogen) atoms. The van der Waals surface area contributed by atoms with Gasteiger partial charge in [0.1, 0.15) is 12.9 Å². The van der Waals surface area contributed by atoms with Gasteiger partial charge in [-0.2, -0.15) is 0 Å². The molecule has 0 unspecified atom stereocenters. The number of pyridine rings is 1. The van der Waals surface area contributed by atoms with Crippen molar-refractivity contribution in [2.24, 2.45) is 12.5 Å². The summed E-state index contributed by atoms with van der Waals surface area (Å²) >= 11 is 0. The summed E-state index contributed by atoms with van der Waals surface area (Å²) in [6, 6.07) is 12.5. The first-order valence-electron chi connectivity index (χ1n) is 11.2. The predicted molar refractivity (Wildman–Crippen MR) is 118 cm³/mol. The van der Waals surface area contributed by atoms with E-state index < -0.39 is 11.8 Å². The lowest BCUT2D eigenvalue weighted by molar-refractivity contribution is -0.660.